The molecule has 0 bridgehead atoms. The Kier molecular flexibility index (Phi) is 1.95. The molecule has 4 nitrogen and oxygen atoms in total. The second-order valence-corrected chi connectivity index (χ2v) is 3.85. The molecule has 0 radical (unpaired) electrons. The minimum absolute atomic E-state index is 0.192. The van der Waals surface area contributed by atoms with Crippen molar-refractivity contribution in [2.75, 3.05) is 0 Å². The summed E-state index contributed by atoms with van der Waals surface area (Å²) in [6.45, 7) is 2.96. The predicted molar refractivity (Wildman–Crippen MR) is 41.0 cm³/mol. The van der Waals surface area contributed by atoms with Gasteiger partial charge in [-0.2, -0.15) is 13.5 Å². The largest absolute Gasteiger partial charge is 0.335 e. The van der Waals surface area contributed by atoms with Crippen molar-refractivity contribution in [1.82, 2.24) is 9.78 Å². The van der Waals surface area contributed by atoms with Gasteiger partial charge in [0.05, 0.1) is 11.4 Å². The van der Waals surface area contributed by atoms with Crippen LogP contribution in [-0.2, 0) is 17.3 Å². The summed E-state index contributed by atoms with van der Waals surface area (Å²) >= 11 is 0. The Hall–Kier alpha value is -0.910. The second kappa shape index (κ2) is 2.55. The molecule has 0 fully saturated rings. The van der Waals surface area contributed by atoms with E-state index < -0.39 is 10.2 Å². The van der Waals surface area contributed by atoms with Gasteiger partial charge in [-0.3, -0.25) is 4.68 Å². The first-order valence-electron chi connectivity index (χ1n) is 3.29. The Labute approximate surface area is 70.2 Å². The molecule has 6 heteroatoms. The van der Waals surface area contributed by atoms with Crippen molar-refractivity contribution in [2.45, 2.75) is 18.7 Å². The molecule has 0 unspecified atom stereocenters. The Morgan fingerprint density at radius 1 is 1.42 bits per heavy atom. The summed E-state index contributed by atoms with van der Waals surface area (Å²) in [6, 6.07) is 0. The van der Waals surface area contributed by atoms with Crippen molar-refractivity contribution in [2.24, 2.45) is 7.05 Å². The summed E-state index contributed by atoms with van der Waals surface area (Å²) in [5.41, 5.74) is 0.507. The molecule has 68 valence electrons. The number of hydrogen-bond donors (Lipinski definition) is 0. The molecule has 0 aromatic carbocycles. The highest BCUT2D eigenvalue weighted by molar-refractivity contribution is 7.86. The smallest absolute Gasteiger partial charge is 0.271 e. The van der Waals surface area contributed by atoms with Gasteiger partial charge in [-0.05, 0) is 13.8 Å². The molecule has 1 rings (SSSR count). The van der Waals surface area contributed by atoms with Crippen LogP contribution in [-0.4, -0.2) is 18.2 Å². The standard InChI is InChI=1S/C6H9FN2O2S/c1-4-6(12(7,10)11)5(2)9(3)8-4/h1-3H3. The number of hydrogen-bond acceptors (Lipinski definition) is 3. The molecule has 0 atom stereocenters. The van der Waals surface area contributed by atoms with Crippen LogP contribution in [0.25, 0.3) is 0 Å². The van der Waals surface area contributed by atoms with E-state index in [1.54, 1.807) is 7.05 Å². The highest BCUT2D eigenvalue weighted by Crippen LogP contribution is 2.20. The minimum Gasteiger partial charge on any atom is -0.271 e. The van der Waals surface area contributed by atoms with Gasteiger partial charge >= 0.3 is 10.2 Å². The van der Waals surface area contributed by atoms with Gasteiger partial charge in [-0.25, -0.2) is 0 Å². The molecule has 0 saturated heterocycles. The Morgan fingerprint density at radius 2 is 1.92 bits per heavy atom. The van der Waals surface area contributed by atoms with Crippen molar-refractivity contribution >= 4 is 10.2 Å². The summed E-state index contributed by atoms with van der Waals surface area (Å²) in [5, 5.41) is 3.77. The van der Waals surface area contributed by atoms with E-state index in [4.69, 9.17) is 0 Å². The highest BCUT2D eigenvalue weighted by atomic mass is 32.3. The topological polar surface area (TPSA) is 52.0 Å². The quantitative estimate of drug-likeness (QED) is 0.615. The number of rotatable bonds is 1. The zero-order chi connectivity index (χ0) is 9.52. The van der Waals surface area contributed by atoms with Crippen molar-refractivity contribution in [3.05, 3.63) is 11.4 Å². The third kappa shape index (κ3) is 1.34. The fourth-order valence-electron chi connectivity index (χ4n) is 1.11. The van der Waals surface area contributed by atoms with E-state index in [1.165, 1.54) is 18.5 Å². The van der Waals surface area contributed by atoms with Crippen molar-refractivity contribution < 1.29 is 12.3 Å². The average Bonchev–Trinajstić information content (AvgIpc) is 2.05. The minimum atomic E-state index is -4.63. The SMILES string of the molecule is Cc1nn(C)c(C)c1S(=O)(=O)F. The van der Waals surface area contributed by atoms with Gasteiger partial charge in [0.1, 0.15) is 4.90 Å². The molecule has 1 heterocycles. The molecular formula is C6H9FN2O2S. The Balaban J connectivity index is 3.54. The summed E-state index contributed by atoms with van der Waals surface area (Å²) in [4.78, 5) is -0.315. The van der Waals surface area contributed by atoms with Gasteiger partial charge in [-0.1, -0.05) is 0 Å². The molecule has 0 spiro atoms. The zero-order valence-corrected chi connectivity index (χ0v) is 7.81. The highest BCUT2D eigenvalue weighted by Gasteiger charge is 2.22. The van der Waals surface area contributed by atoms with Crippen LogP contribution >= 0.6 is 0 Å². The van der Waals surface area contributed by atoms with E-state index in [2.05, 4.69) is 5.10 Å². The van der Waals surface area contributed by atoms with Crippen LogP contribution in [0.15, 0.2) is 4.90 Å². The molecule has 1 aromatic heterocycles. The fraction of sp³-hybridized carbons (Fsp3) is 0.500. The summed E-state index contributed by atoms with van der Waals surface area (Å²) in [6.07, 6.45) is 0. The van der Waals surface area contributed by atoms with Crippen molar-refractivity contribution in [1.29, 1.82) is 0 Å². The lowest BCUT2D eigenvalue weighted by Crippen LogP contribution is -1.97. The van der Waals surface area contributed by atoms with Crippen LogP contribution in [0.1, 0.15) is 11.4 Å². The molecule has 0 amide bonds. The molecular weight excluding hydrogens is 183 g/mol. The van der Waals surface area contributed by atoms with Crippen molar-refractivity contribution in [3.63, 3.8) is 0 Å². The zero-order valence-electron chi connectivity index (χ0n) is 7.00. The third-order valence-electron chi connectivity index (χ3n) is 1.69. The van der Waals surface area contributed by atoms with Crippen LogP contribution in [0.4, 0.5) is 3.89 Å². The first-order valence-corrected chi connectivity index (χ1v) is 4.67. The summed E-state index contributed by atoms with van der Waals surface area (Å²) in [5.74, 6) is 0. The van der Waals surface area contributed by atoms with E-state index >= 15 is 0 Å². The van der Waals surface area contributed by atoms with Crippen LogP contribution in [0, 0.1) is 13.8 Å². The van der Waals surface area contributed by atoms with Crippen LogP contribution in [0.5, 0.6) is 0 Å². The van der Waals surface area contributed by atoms with Gasteiger partial charge in [0.25, 0.3) is 0 Å². The average molecular weight is 192 g/mol. The van der Waals surface area contributed by atoms with E-state index in [9.17, 15) is 12.3 Å². The Bertz CT molecular complexity index is 407. The molecule has 0 aliphatic heterocycles. The number of halogens is 1. The maximum absolute atomic E-state index is 12.6. The number of aromatic nitrogens is 2. The lowest BCUT2D eigenvalue weighted by Gasteiger charge is -1.93. The summed E-state index contributed by atoms with van der Waals surface area (Å²) in [7, 11) is -3.06. The van der Waals surface area contributed by atoms with Gasteiger partial charge in [0, 0.05) is 7.05 Å². The normalized spacial score (nSPS) is 12.0. The predicted octanol–water partition coefficient (Wildman–Crippen LogP) is 0.695. The maximum atomic E-state index is 12.6. The first-order chi connectivity index (χ1) is 5.34. The Morgan fingerprint density at radius 3 is 2.08 bits per heavy atom. The third-order valence-corrected chi connectivity index (χ3v) is 2.76. The summed E-state index contributed by atoms with van der Waals surface area (Å²) < 4.78 is 35.0. The molecule has 1 aromatic rings. The molecule has 0 aliphatic rings. The molecule has 12 heavy (non-hydrogen) atoms. The fourth-order valence-corrected chi connectivity index (χ4v) is 1.99. The van der Waals surface area contributed by atoms with Crippen LogP contribution in [0.2, 0.25) is 0 Å². The van der Waals surface area contributed by atoms with E-state index in [0.29, 0.717) is 5.69 Å². The molecule has 0 N–H and O–H groups in total. The number of aryl methyl sites for hydroxylation is 2. The lowest BCUT2D eigenvalue weighted by molar-refractivity contribution is 0.550. The van der Waals surface area contributed by atoms with E-state index in [0.717, 1.165) is 0 Å². The van der Waals surface area contributed by atoms with Gasteiger partial charge in [-0.15, -0.1) is 3.89 Å². The first kappa shape index (κ1) is 9.18. The van der Waals surface area contributed by atoms with Crippen molar-refractivity contribution in [3.8, 4) is 0 Å². The van der Waals surface area contributed by atoms with E-state index in [1.807, 2.05) is 0 Å². The van der Waals surface area contributed by atoms with Gasteiger partial charge in [0.15, 0.2) is 0 Å². The van der Waals surface area contributed by atoms with Crippen LogP contribution in [0.3, 0.4) is 0 Å². The van der Waals surface area contributed by atoms with Gasteiger partial charge < -0.3 is 0 Å². The molecule has 0 aliphatic carbocycles. The monoisotopic (exact) mass is 192 g/mol. The number of nitrogens with zero attached hydrogens (tertiary/aromatic N) is 2. The van der Waals surface area contributed by atoms with E-state index in [-0.39, 0.29) is 10.6 Å². The lowest BCUT2D eigenvalue weighted by atomic mass is 10.4. The maximum Gasteiger partial charge on any atom is 0.335 e. The second-order valence-electron chi connectivity index (χ2n) is 2.56. The van der Waals surface area contributed by atoms with Crippen LogP contribution < -0.4 is 0 Å². The van der Waals surface area contributed by atoms with Gasteiger partial charge in [0.2, 0.25) is 0 Å². The molecule has 0 saturated carbocycles.